The lowest BCUT2D eigenvalue weighted by Crippen LogP contribution is -2.45. The molecule has 1 aliphatic heterocycles. The van der Waals surface area contributed by atoms with Gasteiger partial charge in [-0.3, -0.25) is 4.68 Å². The molecule has 8 heteroatoms. The number of rotatable bonds is 7. The fourth-order valence-corrected chi connectivity index (χ4v) is 3.43. The number of methoxy groups -OCH3 is 1. The first kappa shape index (κ1) is 18.4. The molecule has 2 aromatic heterocycles. The molecule has 2 aromatic rings. The zero-order valence-corrected chi connectivity index (χ0v) is 15.8. The van der Waals surface area contributed by atoms with Crippen molar-refractivity contribution in [3.8, 4) is 11.4 Å². The number of nitrogens with zero attached hydrogens (tertiary/aromatic N) is 5. The molecular weight excluding hydrogens is 334 g/mol. The molecule has 0 saturated heterocycles. The Labute approximate surface area is 153 Å². The van der Waals surface area contributed by atoms with E-state index in [0.717, 1.165) is 30.6 Å². The van der Waals surface area contributed by atoms with Gasteiger partial charge < -0.3 is 19.0 Å². The van der Waals surface area contributed by atoms with Crippen LogP contribution in [0.5, 0.6) is 0 Å². The van der Waals surface area contributed by atoms with Crippen LogP contribution in [-0.2, 0) is 24.2 Å². The lowest BCUT2D eigenvalue weighted by molar-refractivity contribution is 0.151. The van der Waals surface area contributed by atoms with E-state index in [9.17, 15) is 4.79 Å². The molecule has 0 N–H and O–H groups in total. The summed E-state index contributed by atoms with van der Waals surface area (Å²) >= 11 is 0. The third-order valence-electron chi connectivity index (χ3n) is 4.83. The van der Waals surface area contributed by atoms with E-state index in [2.05, 4.69) is 4.98 Å². The Kier molecular flexibility index (Phi) is 5.92. The predicted octanol–water partition coefficient (Wildman–Crippen LogP) is 2.39. The van der Waals surface area contributed by atoms with E-state index in [4.69, 9.17) is 14.3 Å². The molecule has 3 rings (SSSR count). The Balaban J connectivity index is 1.88. The average Bonchev–Trinajstić information content (AvgIpc) is 3.30. The second kappa shape index (κ2) is 8.35. The third-order valence-corrected chi connectivity index (χ3v) is 4.83. The standard InChI is InChI=1S/C18H27N5O3/c1-4-21(5-2)18(24)22-9-7-16-14(11-22)17(15-12-26-13-19-15)20-23(16)8-6-10-25-3/h12-13H,4-11H2,1-3H3. The monoisotopic (exact) mass is 361 g/mol. The van der Waals surface area contributed by atoms with Gasteiger partial charge in [-0.15, -0.1) is 0 Å². The molecule has 0 atom stereocenters. The summed E-state index contributed by atoms with van der Waals surface area (Å²) in [4.78, 5) is 20.8. The SMILES string of the molecule is CCN(CC)C(=O)N1CCc2c(c(-c3cocn3)nn2CCCOC)C1. The number of fused-ring (bicyclic) bond motifs is 1. The fourth-order valence-electron chi connectivity index (χ4n) is 3.43. The summed E-state index contributed by atoms with van der Waals surface area (Å²) in [6, 6.07) is 0.0823. The third kappa shape index (κ3) is 3.60. The molecule has 26 heavy (non-hydrogen) atoms. The molecular formula is C18H27N5O3. The highest BCUT2D eigenvalue weighted by Crippen LogP contribution is 2.30. The van der Waals surface area contributed by atoms with Crippen LogP contribution < -0.4 is 0 Å². The molecule has 0 bridgehead atoms. The van der Waals surface area contributed by atoms with Crippen molar-refractivity contribution in [2.45, 2.75) is 39.8 Å². The van der Waals surface area contributed by atoms with E-state index in [-0.39, 0.29) is 6.03 Å². The van der Waals surface area contributed by atoms with Gasteiger partial charge in [0.2, 0.25) is 0 Å². The van der Waals surface area contributed by atoms with Crippen molar-refractivity contribution < 1.29 is 13.9 Å². The molecule has 0 fully saturated rings. The van der Waals surface area contributed by atoms with E-state index < -0.39 is 0 Å². The summed E-state index contributed by atoms with van der Waals surface area (Å²) in [5, 5.41) is 4.77. The maximum atomic E-state index is 12.8. The number of oxazole rings is 1. The summed E-state index contributed by atoms with van der Waals surface area (Å²) in [6.07, 6.45) is 4.70. The molecule has 3 heterocycles. The van der Waals surface area contributed by atoms with Crippen LogP contribution in [-0.4, -0.2) is 63.9 Å². The largest absolute Gasteiger partial charge is 0.451 e. The van der Waals surface area contributed by atoms with Gasteiger partial charge in [0.15, 0.2) is 6.39 Å². The summed E-state index contributed by atoms with van der Waals surface area (Å²) < 4.78 is 12.3. The van der Waals surface area contributed by atoms with Crippen molar-refractivity contribution in [1.29, 1.82) is 0 Å². The second-order valence-corrected chi connectivity index (χ2v) is 6.34. The van der Waals surface area contributed by atoms with Crippen LogP contribution in [0.25, 0.3) is 11.4 Å². The topological polar surface area (TPSA) is 76.6 Å². The van der Waals surface area contributed by atoms with Gasteiger partial charge in [-0.25, -0.2) is 9.78 Å². The molecule has 1 aliphatic rings. The van der Waals surface area contributed by atoms with Crippen molar-refractivity contribution in [1.82, 2.24) is 24.6 Å². The molecule has 142 valence electrons. The van der Waals surface area contributed by atoms with E-state index in [1.54, 1.807) is 13.4 Å². The van der Waals surface area contributed by atoms with Crippen LogP contribution in [0, 0.1) is 0 Å². The first-order valence-corrected chi connectivity index (χ1v) is 9.19. The normalized spacial score (nSPS) is 13.7. The van der Waals surface area contributed by atoms with Crippen molar-refractivity contribution in [3.63, 3.8) is 0 Å². The van der Waals surface area contributed by atoms with Gasteiger partial charge >= 0.3 is 6.03 Å². The predicted molar refractivity (Wildman–Crippen MR) is 96.6 cm³/mol. The lowest BCUT2D eigenvalue weighted by atomic mass is 10.0. The van der Waals surface area contributed by atoms with Gasteiger partial charge in [0, 0.05) is 57.6 Å². The minimum atomic E-state index is 0.0823. The number of urea groups is 1. The Morgan fingerprint density at radius 3 is 2.85 bits per heavy atom. The molecule has 8 nitrogen and oxygen atoms in total. The highest BCUT2D eigenvalue weighted by Gasteiger charge is 2.30. The van der Waals surface area contributed by atoms with Gasteiger partial charge in [-0.1, -0.05) is 0 Å². The van der Waals surface area contributed by atoms with Crippen LogP contribution in [0.3, 0.4) is 0 Å². The molecule has 0 spiro atoms. The van der Waals surface area contributed by atoms with Crippen molar-refractivity contribution in [2.24, 2.45) is 0 Å². The quantitative estimate of drug-likeness (QED) is 0.708. The Morgan fingerprint density at radius 1 is 1.38 bits per heavy atom. The summed E-state index contributed by atoms with van der Waals surface area (Å²) in [7, 11) is 1.70. The number of ether oxygens (including phenoxy) is 1. The van der Waals surface area contributed by atoms with Crippen molar-refractivity contribution in [2.75, 3.05) is 33.4 Å². The highest BCUT2D eigenvalue weighted by molar-refractivity contribution is 5.75. The van der Waals surface area contributed by atoms with Crippen LogP contribution in [0.4, 0.5) is 4.79 Å². The average molecular weight is 361 g/mol. The number of carbonyl (C=O) groups is 1. The Bertz CT molecular complexity index is 722. The molecule has 0 unspecified atom stereocenters. The minimum Gasteiger partial charge on any atom is -0.451 e. The zero-order valence-electron chi connectivity index (χ0n) is 15.8. The van der Waals surface area contributed by atoms with Crippen LogP contribution >= 0.6 is 0 Å². The maximum Gasteiger partial charge on any atom is 0.320 e. The summed E-state index contributed by atoms with van der Waals surface area (Å²) in [5.74, 6) is 0. The highest BCUT2D eigenvalue weighted by atomic mass is 16.5. The molecule has 0 radical (unpaired) electrons. The van der Waals surface area contributed by atoms with Crippen LogP contribution in [0.2, 0.25) is 0 Å². The van der Waals surface area contributed by atoms with Gasteiger partial charge in [-0.05, 0) is 20.3 Å². The molecule has 0 aliphatic carbocycles. The van der Waals surface area contributed by atoms with Crippen molar-refractivity contribution in [3.05, 3.63) is 23.9 Å². The number of amides is 2. The van der Waals surface area contributed by atoms with E-state index in [1.807, 2.05) is 28.3 Å². The number of hydrogen-bond acceptors (Lipinski definition) is 5. The molecule has 0 aromatic carbocycles. The lowest BCUT2D eigenvalue weighted by Gasteiger charge is -2.32. The molecule has 0 saturated carbocycles. The molecule has 2 amide bonds. The minimum absolute atomic E-state index is 0.0823. The Morgan fingerprint density at radius 2 is 2.19 bits per heavy atom. The smallest absolute Gasteiger partial charge is 0.320 e. The second-order valence-electron chi connectivity index (χ2n) is 6.34. The first-order valence-electron chi connectivity index (χ1n) is 9.19. The van der Waals surface area contributed by atoms with Gasteiger partial charge in [0.05, 0.1) is 6.54 Å². The Hall–Kier alpha value is -2.35. The van der Waals surface area contributed by atoms with E-state index in [0.29, 0.717) is 38.5 Å². The zero-order chi connectivity index (χ0) is 18.5. The van der Waals surface area contributed by atoms with Crippen LogP contribution in [0.1, 0.15) is 31.5 Å². The summed E-state index contributed by atoms with van der Waals surface area (Å²) in [6.45, 7) is 8.18. The van der Waals surface area contributed by atoms with Gasteiger partial charge in [-0.2, -0.15) is 5.10 Å². The number of aromatic nitrogens is 3. The van der Waals surface area contributed by atoms with Gasteiger partial charge in [0.25, 0.3) is 0 Å². The number of carbonyl (C=O) groups excluding carboxylic acids is 1. The number of aryl methyl sites for hydroxylation is 1. The van der Waals surface area contributed by atoms with E-state index >= 15 is 0 Å². The fraction of sp³-hybridized carbons (Fsp3) is 0.611. The number of hydrogen-bond donors (Lipinski definition) is 0. The first-order chi connectivity index (χ1) is 12.7. The van der Waals surface area contributed by atoms with E-state index in [1.165, 1.54) is 12.1 Å². The van der Waals surface area contributed by atoms with Crippen molar-refractivity contribution >= 4 is 6.03 Å². The van der Waals surface area contributed by atoms with Crippen LogP contribution in [0.15, 0.2) is 17.1 Å². The summed E-state index contributed by atoms with van der Waals surface area (Å²) in [5.41, 5.74) is 3.78. The maximum absolute atomic E-state index is 12.8. The van der Waals surface area contributed by atoms with Gasteiger partial charge in [0.1, 0.15) is 17.7 Å².